The zero-order valence-electron chi connectivity index (χ0n) is 12.7. The number of carbonyl (C=O) groups excluding carboxylic acids is 3. The second kappa shape index (κ2) is 6.43. The van der Waals surface area contributed by atoms with Gasteiger partial charge in [-0.25, -0.2) is 4.79 Å². The molecule has 1 aliphatic carbocycles. The van der Waals surface area contributed by atoms with Crippen LogP contribution < -0.4 is 5.32 Å². The lowest BCUT2D eigenvalue weighted by Crippen LogP contribution is -2.49. The van der Waals surface area contributed by atoms with Gasteiger partial charge < -0.3 is 15.0 Å². The fourth-order valence-electron chi connectivity index (χ4n) is 3.16. The molecular weight excluding hydrogens is 274 g/mol. The number of nitrogens with zero attached hydrogens (tertiary/aromatic N) is 2. The average Bonchev–Trinajstić information content (AvgIpc) is 2.65. The third kappa shape index (κ3) is 2.88. The van der Waals surface area contributed by atoms with Crippen LogP contribution in [0.2, 0.25) is 0 Å². The van der Waals surface area contributed by atoms with E-state index in [9.17, 15) is 14.4 Å². The number of urea groups is 1. The number of imide groups is 1. The van der Waals surface area contributed by atoms with E-state index < -0.39 is 5.54 Å². The molecule has 0 aromatic rings. The summed E-state index contributed by atoms with van der Waals surface area (Å²) >= 11 is 0. The first-order valence-electron chi connectivity index (χ1n) is 7.38. The Morgan fingerprint density at radius 3 is 2.57 bits per heavy atom. The van der Waals surface area contributed by atoms with Gasteiger partial charge in [-0.05, 0) is 12.8 Å². The van der Waals surface area contributed by atoms with Gasteiger partial charge in [-0.15, -0.1) is 0 Å². The Hall–Kier alpha value is -1.63. The molecule has 0 atom stereocenters. The highest BCUT2D eigenvalue weighted by molar-refractivity contribution is 6.08. The van der Waals surface area contributed by atoms with Gasteiger partial charge in [-0.1, -0.05) is 19.3 Å². The van der Waals surface area contributed by atoms with Gasteiger partial charge in [-0.3, -0.25) is 14.5 Å². The summed E-state index contributed by atoms with van der Waals surface area (Å²) in [5.41, 5.74) is -0.720. The first-order valence-corrected chi connectivity index (χ1v) is 7.38. The van der Waals surface area contributed by atoms with Crippen molar-refractivity contribution in [3.63, 3.8) is 0 Å². The molecule has 1 N–H and O–H groups in total. The van der Waals surface area contributed by atoms with E-state index in [1.165, 1.54) is 4.90 Å². The fourth-order valence-corrected chi connectivity index (χ4v) is 3.16. The standard InChI is InChI=1S/C14H23N3O4/c1-16-13(20)17(10-11(18)15-8-9-21-2)12(19)14(16)6-4-3-5-7-14/h3-10H2,1-2H3,(H,15,18). The van der Waals surface area contributed by atoms with E-state index in [1.54, 1.807) is 14.2 Å². The summed E-state index contributed by atoms with van der Waals surface area (Å²) in [6.07, 6.45) is 4.36. The van der Waals surface area contributed by atoms with Crippen LogP contribution in [0.3, 0.4) is 0 Å². The smallest absolute Gasteiger partial charge is 0.327 e. The molecule has 0 aromatic carbocycles. The molecule has 2 fully saturated rings. The number of carbonyl (C=O) groups is 3. The highest BCUT2D eigenvalue weighted by atomic mass is 16.5. The maximum absolute atomic E-state index is 12.6. The zero-order chi connectivity index (χ0) is 15.5. The second-order valence-corrected chi connectivity index (χ2v) is 5.67. The molecule has 2 aliphatic rings. The van der Waals surface area contributed by atoms with Crippen LogP contribution in [-0.4, -0.2) is 67.0 Å². The molecule has 0 aromatic heterocycles. The molecule has 2 rings (SSSR count). The monoisotopic (exact) mass is 297 g/mol. The van der Waals surface area contributed by atoms with Crippen molar-refractivity contribution in [1.82, 2.24) is 15.1 Å². The second-order valence-electron chi connectivity index (χ2n) is 5.67. The van der Waals surface area contributed by atoms with E-state index in [0.717, 1.165) is 24.2 Å². The summed E-state index contributed by atoms with van der Waals surface area (Å²) in [6.45, 7) is 0.553. The van der Waals surface area contributed by atoms with E-state index in [4.69, 9.17) is 4.74 Å². The van der Waals surface area contributed by atoms with Crippen molar-refractivity contribution in [3.8, 4) is 0 Å². The highest BCUT2D eigenvalue weighted by Crippen LogP contribution is 2.39. The predicted molar refractivity (Wildman–Crippen MR) is 75.6 cm³/mol. The number of methoxy groups -OCH3 is 1. The van der Waals surface area contributed by atoms with Gasteiger partial charge in [0.05, 0.1) is 6.61 Å². The first kappa shape index (κ1) is 15.8. The van der Waals surface area contributed by atoms with Crippen LogP contribution >= 0.6 is 0 Å². The lowest BCUT2D eigenvalue weighted by molar-refractivity contribution is -0.137. The number of hydrogen-bond acceptors (Lipinski definition) is 4. The fraction of sp³-hybridized carbons (Fsp3) is 0.786. The Balaban J connectivity index is 2.02. The molecule has 1 spiro atoms. The Morgan fingerprint density at radius 2 is 1.95 bits per heavy atom. The average molecular weight is 297 g/mol. The minimum Gasteiger partial charge on any atom is -0.383 e. The number of nitrogens with one attached hydrogen (secondary N) is 1. The summed E-state index contributed by atoms with van der Waals surface area (Å²) in [4.78, 5) is 39.3. The maximum Gasteiger partial charge on any atom is 0.327 e. The van der Waals surface area contributed by atoms with Gasteiger partial charge in [0.2, 0.25) is 5.91 Å². The van der Waals surface area contributed by atoms with Crippen molar-refractivity contribution in [2.45, 2.75) is 37.6 Å². The molecular formula is C14H23N3O4. The zero-order valence-corrected chi connectivity index (χ0v) is 12.7. The predicted octanol–water partition coefficient (Wildman–Crippen LogP) is 0.346. The minimum absolute atomic E-state index is 0.215. The molecule has 118 valence electrons. The van der Waals surface area contributed by atoms with Crippen molar-refractivity contribution in [2.24, 2.45) is 0 Å². The number of rotatable bonds is 5. The third-order valence-electron chi connectivity index (χ3n) is 4.41. The van der Waals surface area contributed by atoms with Gasteiger partial charge in [0.15, 0.2) is 0 Å². The third-order valence-corrected chi connectivity index (χ3v) is 4.41. The van der Waals surface area contributed by atoms with Crippen LogP contribution in [0.15, 0.2) is 0 Å². The summed E-state index contributed by atoms with van der Waals surface area (Å²) in [7, 11) is 3.20. The minimum atomic E-state index is -0.720. The molecule has 7 heteroatoms. The Bertz CT molecular complexity index is 432. The van der Waals surface area contributed by atoms with Crippen LogP contribution in [0.5, 0.6) is 0 Å². The van der Waals surface area contributed by atoms with E-state index in [0.29, 0.717) is 26.0 Å². The highest BCUT2D eigenvalue weighted by Gasteiger charge is 2.55. The largest absolute Gasteiger partial charge is 0.383 e. The molecule has 1 saturated heterocycles. The van der Waals surface area contributed by atoms with Crippen LogP contribution in [0, 0.1) is 0 Å². The van der Waals surface area contributed by atoms with E-state index in [-0.39, 0.29) is 24.4 Å². The van der Waals surface area contributed by atoms with Crippen molar-refractivity contribution < 1.29 is 19.1 Å². The number of ether oxygens (including phenoxy) is 1. The molecule has 0 radical (unpaired) electrons. The number of amides is 4. The van der Waals surface area contributed by atoms with Gasteiger partial charge >= 0.3 is 6.03 Å². The van der Waals surface area contributed by atoms with Crippen molar-refractivity contribution >= 4 is 17.8 Å². The van der Waals surface area contributed by atoms with E-state index >= 15 is 0 Å². The normalized spacial score (nSPS) is 21.2. The van der Waals surface area contributed by atoms with Gasteiger partial charge in [0.25, 0.3) is 5.91 Å². The maximum atomic E-state index is 12.6. The summed E-state index contributed by atoms with van der Waals surface area (Å²) in [5.74, 6) is -0.563. The Kier molecular flexibility index (Phi) is 4.82. The van der Waals surface area contributed by atoms with Crippen LogP contribution in [0.25, 0.3) is 0 Å². The molecule has 1 saturated carbocycles. The SMILES string of the molecule is COCCNC(=O)CN1C(=O)N(C)C2(CCCCC2)C1=O. The van der Waals surface area contributed by atoms with E-state index in [2.05, 4.69) is 5.32 Å². The molecule has 0 bridgehead atoms. The van der Waals surface area contributed by atoms with Crippen LogP contribution in [0.4, 0.5) is 4.79 Å². The van der Waals surface area contributed by atoms with Crippen molar-refractivity contribution in [1.29, 1.82) is 0 Å². The summed E-state index contributed by atoms with van der Waals surface area (Å²) in [5, 5.41) is 2.63. The summed E-state index contributed by atoms with van der Waals surface area (Å²) in [6, 6.07) is -0.371. The van der Waals surface area contributed by atoms with Crippen LogP contribution in [0.1, 0.15) is 32.1 Å². The number of hydrogen-bond donors (Lipinski definition) is 1. The molecule has 21 heavy (non-hydrogen) atoms. The summed E-state index contributed by atoms with van der Waals surface area (Å²) < 4.78 is 4.84. The molecule has 0 unspecified atom stereocenters. The van der Waals surface area contributed by atoms with E-state index in [1.807, 2.05) is 0 Å². The van der Waals surface area contributed by atoms with Gasteiger partial charge in [0, 0.05) is 20.7 Å². The first-order chi connectivity index (χ1) is 10.0. The molecule has 1 aliphatic heterocycles. The lowest BCUT2D eigenvalue weighted by atomic mass is 9.81. The Morgan fingerprint density at radius 1 is 1.29 bits per heavy atom. The lowest BCUT2D eigenvalue weighted by Gasteiger charge is -2.35. The number of likely N-dealkylation sites (N-methyl/N-ethyl adjacent to an activating group) is 1. The van der Waals surface area contributed by atoms with Crippen LogP contribution in [-0.2, 0) is 14.3 Å². The van der Waals surface area contributed by atoms with Crippen molar-refractivity contribution in [2.75, 3.05) is 33.9 Å². The quantitative estimate of drug-likeness (QED) is 0.586. The molecule has 1 heterocycles. The van der Waals surface area contributed by atoms with Gasteiger partial charge in [0.1, 0.15) is 12.1 Å². The van der Waals surface area contributed by atoms with Gasteiger partial charge in [-0.2, -0.15) is 0 Å². The topological polar surface area (TPSA) is 79.0 Å². The Labute approximate surface area is 124 Å². The van der Waals surface area contributed by atoms with Crippen molar-refractivity contribution in [3.05, 3.63) is 0 Å². The molecule has 7 nitrogen and oxygen atoms in total. The molecule has 4 amide bonds.